The molecule has 3 nitrogen and oxygen atoms in total. The summed E-state index contributed by atoms with van der Waals surface area (Å²) >= 11 is 1.65. The van der Waals surface area contributed by atoms with Crippen LogP contribution in [0.15, 0.2) is 0 Å². The number of carbonyl (C=O) groups is 1. The summed E-state index contributed by atoms with van der Waals surface area (Å²) in [5.74, 6) is 2.11. The van der Waals surface area contributed by atoms with E-state index >= 15 is 0 Å². The van der Waals surface area contributed by atoms with E-state index < -0.39 is 0 Å². The number of thioether (sulfide) groups is 1. The lowest BCUT2D eigenvalue weighted by atomic mass is 10.2. The lowest BCUT2D eigenvalue weighted by Crippen LogP contribution is -2.21. The predicted molar refractivity (Wildman–Crippen MR) is 66.3 cm³/mol. The second kappa shape index (κ2) is 10.3. The van der Waals surface area contributed by atoms with Crippen molar-refractivity contribution in [1.82, 2.24) is 5.32 Å². The standard InChI is InChI=1S/C11H23NO2S/c1-4-14-11(13)9-15-7-5-6-12-8-10(2)3/h10,12H,4-9H2,1-3H3. The van der Waals surface area contributed by atoms with Crippen LogP contribution >= 0.6 is 11.8 Å². The van der Waals surface area contributed by atoms with E-state index in [-0.39, 0.29) is 5.97 Å². The van der Waals surface area contributed by atoms with Gasteiger partial charge in [-0.05, 0) is 38.1 Å². The van der Waals surface area contributed by atoms with Crippen molar-refractivity contribution in [3.63, 3.8) is 0 Å². The van der Waals surface area contributed by atoms with Crippen molar-refractivity contribution in [2.24, 2.45) is 5.92 Å². The van der Waals surface area contributed by atoms with Crippen LogP contribution in [-0.2, 0) is 9.53 Å². The van der Waals surface area contributed by atoms with Crippen molar-refractivity contribution >= 4 is 17.7 Å². The minimum Gasteiger partial charge on any atom is -0.465 e. The molecule has 0 spiro atoms. The molecular weight excluding hydrogens is 210 g/mol. The number of hydrogen-bond acceptors (Lipinski definition) is 4. The Bertz CT molecular complexity index is 163. The van der Waals surface area contributed by atoms with E-state index in [4.69, 9.17) is 4.74 Å². The molecule has 15 heavy (non-hydrogen) atoms. The van der Waals surface area contributed by atoms with Crippen molar-refractivity contribution in [2.45, 2.75) is 27.2 Å². The maximum atomic E-state index is 11.0. The van der Waals surface area contributed by atoms with Gasteiger partial charge in [0.2, 0.25) is 0 Å². The van der Waals surface area contributed by atoms with Crippen molar-refractivity contribution in [3.05, 3.63) is 0 Å². The van der Waals surface area contributed by atoms with Crippen LogP contribution in [0.1, 0.15) is 27.2 Å². The number of ether oxygens (including phenoxy) is 1. The van der Waals surface area contributed by atoms with Gasteiger partial charge in [0, 0.05) is 0 Å². The molecule has 4 heteroatoms. The molecule has 0 amide bonds. The van der Waals surface area contributed by atoms with Gasteiger partial charge in [-0.15, -0.1) is 0 Å². The average molecular weight is 233 g/mol. The van der Waals surface area contributed by atoms with E-state index in [2.05, 4.69) is 19.2 Å². The van der Waals surface area contributed by atoms with Crippen LogP contribution in [0.25, 0.3) is 0 Å². The Morgan fingerprint density at radius 2 is 2.20 bits per heavy atom. The second-order valence-corrected chi connectivity index (χ2v) is 4.91. The van der Waals surface area contributed by atoms with Crippen molar-refractivity contribution in [1.29, 1.82) is 0 Å². The van der Waals surface area contributed by atoms with E-state index in [1.165, 1.54) is 0 Å². The molecule has 0 aromatic heterocycles. The first kappa shape index (κ1) is 14.8. The zero-order valence-corrected chi connectivity index (χ0v) is 10.9. The van der Waals surface area contributed by atoms with Gasteiger partial charge in [-0.3, -0.25) is 4.79 Å². The van der Waals surface area contributed by atoms with Crippen LogP contribution in [-0.4, -0.2) is 37.2 Å². The van der Waals surface area contributed by atoms with Crippen LogP contribution in [0.2, 0.25) is 0 Å². The third kappa shape index (κ3) is 11.7. The van der Waals surface area contributed by atoms with Gasteiger partial charge in [-0.2, -0.15) is 11.8 Å². The Morgan fingerprint density at radius 1 is 1.47 bits per heavy atom. The Labute approximate surface area is 97.3 Å². The van der Waals surface area contributed by atoms with E-state index in [0.717, 1.165) is 25.3 Å². The van der Waals surface area contributed by atoms with Gasteiger partial charge in [0.15, 0.2) is 0 Å². The van der Waals surface area contributed by atoms with Gasteiger partial charge in [0.05, 0.1) is 12.4 Å². The fourth-order valence-electron chi connectivity index (χ4n) is 1.05. The summed E-state index contributed by atoms with van der Waals surface area (Å²) in [7, 11) is 0. The van der Waals surface area contributed by atoms with Crippen LogP contribution < -0.4 is 5.32 Å². The number of nitrogens with one attached hydrogen (secondary N) is 1. The summed E-state index contributed by atoms with van der Waals surface area (Å²) in [5, 5.41) is 3.37. The maximum absolute atomic E-state index is 11.0. The Morgan fingerprint density at radius 3 is 2.80 bits per heavy atom. The van der Waals surface area contributed by atoms with Crippen molar-refractivity contribution < 1.29 is 9.53 Å². The molecule has 0 aliphatic carbocycles. The molecule has 90 valence electrons. The van der Waals surface area contributed by atoms with Crippen LogP contribution in [0.5, 0.6) is 0 Å². The molecule has 0 saturated carbocycles. The third-order valence-corrected chi connectivity index (χ3v) is 2.74. The van der Waals surface area contributed by atoms with Gasteiger partial charge < -0.3 is 10.1 Å². The van der Waals surface area contributed by atoms with Crippen LogP contribution in [0, 0.1) is 5.92 Å². The fraction of sp³-hybridized carbons (Fsp3) is 0.909. The normalized spacial score (nSPS) is 10.7. The molecule has 0 aromatic rings. The maximum Gasteiger partial charge on any atom is 0.315 e. The average Bonchev–Trinajstić information content (AvgIpc) is 2.16. The Hall–Kier alpha value is -0.220. The third-order valence-electron chi connectivity index (χ3n) is 1.72. The molecule has 0 aliphatic heterocycles. The molecule has 0 heterocycles. The van der Waals surface area contributed by atoms with Gasteiger partial charge >= 0.3 is 5.97 Å². The highest BCUT2D eigenvalue weighted by atomic mass is 32.2. The zero-order chi connectivity index (χ0) is 11.5. The summed E-state index contributed by atoms with van der Waals surface area (Å²) in [6.07, 6.45) is 1.11. The number of carbonyl (C=O) groups excluding carboxylic acids is 1. The quantitative estimate of drug-likeness (QED) is 0.488. The minimum absolute atomic E-state index is 0.0994. The SMILES string of the molecule is CCOC(=O)CSCCCNCC(C)C. The summed E-state index contributed by atoms with van der Waals surface area (Å²) in [5.41, 5.74) is 0. The molecule has 0 aliphatic rings. The molecular formula is C11H23NO2S. The molecule has 0 atom stereocenters. The fourth-order valence-corrected chi connectivity index (χ4v) is 1.79. The first-order chi connectivity index (χ1) is 7.16. The smallest absolute Gasteiger partial charge is 0.315 e. The summed E-state index contributed by atoms with van der Waals surface area (Å²) in [4.78, 5) is 11.0. The summed E-state index contributed by atoms with van der Waals surface area (Å²) in [6.45, 7) is 8.81. The molecule has 1 N–H and O–H groups in total. The molecule has 0 rings (SSSR count). The molecule has 0 fully saturated rings. The zero-order valence-electron chi connectivity index (χ0n) is 10.0. The lowest BCUT2D eigenvalue weighted by molar-refractivity contribution is -0.139. The minimum atomic E-state index is -0.0994. The molecule has 0 unspecified atom stereocenters. The number of hydrogen-bond donors (Lipinski definition) is 1. The van der Waals surface area contributed by atoms with Gasteiger partial charge in [-0.25, -0.2) is 0 Å². The summed E-state index contributed by atoms with van der Waals surface area (Å²) in [6, 6.07) is 0. The molecule has 0 saturated heterocycles. The highest BCUT2D eigenvalue weighted by Gasteiger charge is 2.00. The first-order valence-electron chi connectivity index (χ1n) is 5.60. The van der Waals surface area contributed by atoms with E-state index in [1.807, 2.05) is 6.92 Å². The van der Waals surface area contributed by atoms with Crippen LogP contribution in [0.4, 0.5) is 0 Å². The highest BCUT2D eigenvalue weighted by molar-refractivity contribution is 7.99. The van der Waals surface area contributed by atoms with E-state index in [0.29, 0.717) is 18.3 Å². The number of esters is 1. The first-order valence-corrected chi connectivity index (χ1v) is 6.76. The monoisotopic (exact) mass is 233 g/mol. The van der Waals surface area contributed by atoms with E-state index in [1.54, 1.807) is 11.8 Å². The van der Waals surface area contributed by atoms with Crippen molar-refractivity contribution in [3.8, 4) is 0 Å². The lowest BCUT2D eigenvalue weighted by Gasteiger charge is -2.06. The van der Waals surface area contributed by atoms with E-state index in [9.17, 15) is 4.79 Å². The molecule has 0 radical (unpaired) electrons. The molecule has 0 aromatic carbocycles. The van der Waals surface area contributed by atoms with Crippen LogP contribution in [0.3, 0.4) is 0 Å². The van der Waals surface area contributed by atoms with Gasteiger partial charge in [0.1, 0.15) is 0 Å². The van der Waals surface area contributed by atoms with Gasteiger partial charge in [0.25, 0.3) is 0 Å². The topological polar surface area (TPSA) is 38.3 Å². The second-order valence-electron chi connectivity index (χ2n) is 3.81. The summed E-state index contributed by atoms with van der Waals surface area (Å²) < 4.78 is 4.83. The largest absolute Gasteiger partial charge is 0.465 e. The van der Waals surface area contributed by atoms with Crippen molar-refractivity contribution in [2.75, 3.05) is 31.2 Å². The predicted octanol–water partition coefficient (Wildman–Crippen LogP) is 1.92. The highest BCUT2D eigenvalue weighted by Crippen LogP contribution is 2.02. The number of rotatable bonds is 9. The Kier molecular flexibility index (Phi) is 10.2. The van der Waals surface area contributed by atoms with Gasteiger partial charge in [-0.1, -0.05) is 13.8 Å². The Balaban J connectivity index is 3.08. The molecule has 0 bridgehead atoms.